The van der Waals surface area contributed by atoms with Crippen molar-refractivity contribution in [1.29, 1.82) is 0 Å². The maximum atomic E-state index is 14.1. The molecule has 0 unspecified atom stereocenters. The van der Waals surface area contributed by atoms with Gasteiger partial charge < -0.3 is 39.4 Å². The summed E-state index contributed by atoms with van der Waals surface area (Å²) in [4.78, 5) is 46.2. The Hall–Kier alpha value is -4.89. The van der Waals surface area contributed by atoms with E-state index in [1.54, 1.807) is 62.5 Å². The topological polar surface area (TPSA) is 187 Å². The second-order valence-corrected chi connectivity index (χ2v) is 14.4. The van der Waals surface area contributed by atoms with Gasteiger partial charge in [-0.25, -0.2) is 9.59 Å². The number of epoxide rings is 1. The van der Waals surface area contributed by atoms with Crippen molar-refractivity contribution in [2.24, 2.45) is 5.92 Å². The number of nitrogens with one attached hydrogen (secondary N) is 2. The zero-order valence-corrected chi connectivity index (χ0v) is 31.1. The summed E-state index contributed by atoms with van der Waals surface area (Å²) in [6.45, 7) is 5.47. The van der Waals surface area contributed by atoms with Gasteiger partial charge >= 0.3 is 12.2 Å². The summed E-state index contributed by atoms with van der Waals surface area (Å²) in [5.74, 6) is -0.554. The number of anilines is 3. The summed E-state index contributed by atoms with van der Waals surface area (Å²) in [5, 5.41) is 18.0. The third-order valence-electron chi connectivity index (χ3n) is 10.2. The summed E-state index contributed by atoms with van der Waals surface area (Å²) in [5.41, 5.74) is 6.52. The number of rotatable bonds is 4. The third-order valence-corrected chi connectivity index (χ3v) is 10.5. The molecule has 3 amide bonds. The van der Waals surface area contributed by atoms with Gasteiger partial charge in [0.1, 0.15) is 34.7 Å². The van der Waals surface area contributed by atoms with E-state index in [0.29, 0.717) is 34.7 Å². The van der Waals surface area contributed by atoms with Gasteiger partial charge in [-0.2, -0.15) is 0 Å². The highest BCUT2D eigenvalue weighted by Crippen LogP contribution is 2.49. The van der Waals surface area contributed by atoms with E-state index < -0.39 is 59.8 Å². The maximum Gasteiger partial charge on any atom is 0.412 e. The summed E-state index contributed by atoms with van der Waals surface area (Å²) in [6, 6.07) is 10.5. The van der Waals surface area contributed by atoms with Crippen LogP contribution in [0.5, 0.6) is 5.75 Å². The first-order chi connectivity index (χ1) is 25.1. The number of methoxy groups -OCH3 is 2. The van der Waals surface area contributed by atoms with E-state index in [1.165, 1.54) is 25.3 Å². The van der Waals surface area contributed by atoms with Gasteiger partial charge in [0.05, 0.1) is 42.7 Å². The molecule has 7 atom stereocenters. The van der Waals surface area contributed by atoms with Gasteiger partial charge in [0.25, 0.3) is 0 Å². The molecular formula is C38H44ClN5O9. The monoisotopic (exact) mass is 749 g/mol. The number of halogens is 1. The number of ether oxygens (including phenoxy) is 5. The minimum absolute atomic E-state index is 0.0408. The second kappa shape index (κ2) is 14.9. The number of nitrogens with zero attached hydrogens (tertiary/aromatic N) is 2. The molecule has 5 N–H and O–H groups in total. The first kappa shape index (κ1) is 37.9. The molecule has 4 bridgehead atoms. The lowest BCUT2D eigenvalue weighted by Crippen LogP contribution is -2.63. The van der Waals surface area contributed by atoms with Crippen LogP contribution in [-0.4, -0.2) is 85.2 Å². The molecule has 53 heavy (non-hydrogen) atoms. The van der Waals surface area contributed by atoms with Gasteiger partial charge in [0.2, 0.25) is 5.91 Å². The van der Waals surface area contributed by atoms with Crippen LogP contribution < -0.4 is 26.0 Å². The van der Waals surface area contributed by atoms with Gasteiger partial charge in [0, 0.05) is 37.6 Å². The van der Waals surface area contributed by atoms with Crippen LogP contribution in [0.15, 0.2) is 66.4 Å². The maximum absolute atomic E-state index is 14.1. The van der Waals surface area contributed by atoms with Crippen LogP contribution in [0.1, 0.15) is 39.2 Å². The average Bonchev–Trinajstić information content (AvgIpc) is 3.81. The molecular weight excluding hydrogens is 706 g/mol. The largest absolute Gasteiger partial charge is 0.495 e. The Morgan fingerprint density at radius 3 is 2.72 bits per heavy atom. The molecule has 1 aromatic heterocycles. The fourth-order valence-corrected chi connectivity index (χ4v) is 7.41. The lowest BCUT2D eigenvalue weighted by Gasteiger charge is -2.42. The first-order valence-electron chi connectivity index (χ1n) is 17.2. The number of pyridine rings is 1. The van der Waals surface area contributed by atoms with Crippen molar-refractivity contribution in [3.63, 3.8) is 0 Å². The van der Waals surface area contributed by atoms with E-state index in [2.05, 4.69) is 15.6 Å². The van der Waals surface area contributed by atoms with Gasteiger partial charge in [-0.1, -0.05) is 48.4 Å². The molecule has 2 aromatic carbocycles. The molecule has 3 aliphatic heterocycles. The third kappa shape index (κ3) is 7.91. The van der Waals surface area contributed by atoms with Crippen molar-refractivity contribution in [3.05, 3.63) is 77.0 Å². The van der Waals surface area contributed by atoms with Crippen LogP contribution in [0.4, 0.5) is 26.7 Å². The molecule has 282 valence electrons. The fourth-order valence-electron chi connectivity index (χ4n) is 7.10. The molecule has 15 heteroatoms. The van der Waals surface area contributed by atoms with Gasteiger partial charge in [-0.3, -0.25) is 20.4 Å². The number of hydrogen-bond acceptors (Lipinski definition) is 11. The Bertz CT molecular complexity index is 1990. The molecule has 0 radical (unpaired) electrons. The molecule has 2 fully saturated rings. The number of allylic oxidation sites excluding steroid dienone is 3. The van der Waals surface area contributed by atoms with Crippen molar-refractivity contribution >= 4 is 57.7 Å². The van der Waals surface area contributed by atoms with Crippen LogP contribution in [0.25, 0.3) is 10.9 Å². The lowest BCUT2D eigenvalue weighted by atomic mass is 9.83. The van der Waals surface area contributed by atoms with Crippen LogP contribution >= 0.6 is 11.6 Å². The predicted molar refractivity (Wildman–Crippen MR) is 199 cm³/mol. The molecule has 14 nitrogen and oxygen atoms in total. The van der Waals surface area contributed by atoms with Crippen LogP contribution in [0.2, 0.25) is 5.02 Å². The first-order valence-corrected chi connectivity index (χ1v) is 17.5. The Kier molecular flexibility index (Phi) is 10.6. The number of carbonyl (C=O) groups is 3. The summed E-state index contributed by atoms with van der Waals surface area (Å²) < 4.78 is 29.1. The van der Waals surface area contributed by atoms with Gasteiger partial charge in [0.15, 0.2) is 5.72 Å². The summed E-state index contributed by atoms with van der Waals surface area (Å²) >= 11 is 6.76. The quantitative estimate of drug-likeness (QED) is 0.247. The Balaban J connectivity index is 1.36. The highest BCUT2D eigenvalue weighted by Gasteiger charge is 2.64. The number of carbonyl (C=O) groups excluding carboxylic acids is 3. The second-order valence-electron chi connectivity index (χ2n) is 14.0. The number of nitrogen functional groups attached to an aromatic ring is 1. The van der Waals surface area contributed by atoms with E-state index >= 15 is 0 Å². The Labute approximate surface area is 312 Å². The van der Waals surface area contributed by atoms with E-state index in [1.807, 2.05) is 19.9 Å². The number of aromatic nitrogens is 1. The standard InChI is InChI=1S/C38H44ClN5O9/c1-20-8-7-9-30(50-6)38(48)18-29(51-36(47)43-38)21(2)34-37(3,53-34)31(17-32(45)44(4)27-13-22(12-20)14-28(49-5)33(27)39)52-35(46)42-25-11-10-23-15-24(40)19-41-26(23)16-25/h7-11,13-16,19,21,29-31,34,48H,12,17-18,40H2,1-6H3,(H,42,46)(H,43,47)/b9-7+,20-8+/t21-,29+,30-,31+,34+,37+,38+/m1/s1. The number of alkyl carbamates (subject to hydrolysis) is 1. The minimum Gasteiger partial charge on any atom is -0.495 e. The molecule has 0 spiro atoms. The molecule has 0 saturated carbocycles. The van der Waals surface area contributed by atoms with Crippen molar-refractivity contribution in [1.82, 2.24) is 10.3 Å². The van der Waals surface area contributed by atoms with Crippen LogP contribution in [0.3, 0.4) is 0 Å². The number of hydrogen-bond donors (Lipinski definition) is 4. The predicted octanol–water partition coefficient (Wildman–Crippen LogP) is 5.50. The van der Waals surface area contributed by atoms with Crippen molar-refractivity contribution in [2.75, 3.05) is 37.2 Å². The molecule has 3 aromatic rings. The zero-order chi connectivity index (χ0) is 38.2. The van der Waals surface area contributed by atoms with E-state index in [-0.39, 0.29) is 17.9 Å². The lowest BCUT2D eigenvalue weighted by molar-refractivity contribution is -0.142. The van der Waals surface area contributed by atoms with E-state index in [0.717, 1.165) is 16.5 Å². The smallest absolute Gasteiger partial charge is 0.412 e. The molecule has 4 heterocycles. The SMILES string of the molecule is COc1cc2cc(c1Cl)N(C)C(=O)C[C@H](OC(=O)Nc1ccc3cc(N)cnc3c1)[C@]1(C)O[C@H]1[C@H](C)[C@@H]1C[C@@](O)(NC(=O)O1)[C@H](OC)/C=C/C=C(\C)C2. The summed E-state index contributed by atoms with van der Waals surface area (Å²) in [7, 11) is 4.52. The summed E-state index contributed by atoms with van der Waals surface area (Å²) in [6.07, 6.45) is 1.73. The van der Waals surface area contributed by atoms with Crippen molar-refractivity contribution < 1.29 is 43.2 Å². The highest BCUT2D eigenvalue weighted by atomic mass is 35.5. The van der Waals surface area contributed by atoms with Gasteiger partial charge in [-0.15, -0.1) is 0 Å². The number of nitrogens with two attached hydrogens (primary N) is 1. The van der Waals surface area contributed by atoms with E-state index in [4.69, 9.17) is 41.0 Å². The van der Waals surface area contributed by atoms with E-state index in [9.17, 15) is 19.5 Å². The molecule has 2 saturated heterocycles. The number of amides is 3. The number of benzene rings is 2. The number of aliphatic hydroxyl groups is 1. The zero-order valence-electron chi connectivity index (χ0n) is 30.3. The van der Waals surface area contributed by atoms with Gasteiger partial charge in [-0.05, 0) is 56.2 Å². The van der Waals surface area contributed by atoms with Crippen molar-refractivity contribution in [3.8, 4) is 5.75 Å². The highest BCUT2D eigenvalue weighted by molar-refractivity contribution is 6.35. The molecule has 6 rings (SSSR count). The Morgan fingerprint density at radius 2 is 1.98 bits per heavy atom. The van der Waals surface area contributed by atoms with Crippen LogP contribution in [0, 0.1) is 5.92 Å². The normalized spacial score (nSPS) is 30.6. The minimum atomic E-state index is -1.82. The molecule has 0 aliphatic carbocycles. The van der Waals surface area contributed by atoms with Crippen molar-refractivity contribution in [2.45, 2.75) is 75.8 Å². The number of fused-ring (bicyclic) bond motifs is 6. The Morgan fingerprint density at radius 1 is 1.21 bits per heavy atom. The molecule has 3 aliphatic rings. The average molecular weight is 750 g/mol. The fraction of sp³-hybridized carbons (Fsp3) is 0.421. The van der Waals surface area contributed by atoms with Crippen LogP contribution in [-0.2, 0) is 30.2 Å².